The van der Waals surface area contributed by atoms with Crippen molar-refractivity contribution in [2.45, 2.75) is 16.8 Å². The molecule has 0 aromatic carbocycles. The summed E-state index contributed by atoms with van der Waals surface area (Å²) in [4.78, 5) is 19.5. The Morgan fingerprint density at radius 3 is 2.94 bits per heavy atom. The van der Waals surface area contributed by atoms with Crippen molar-refractivity contribution in [3.63, 3.8) is 0 Å². The molecule has 0 unspecified atom stereocenters. The van der Waals surface area contributed by atoms with Crippen LogP contribution >= 0.6 is 11.8 Å². The first kappa shape index (κ1) is 12.6. The average Bonchev–Trinajstić information content (AvgIpc) is 2.61. The molecule has 2 heterocycles. The molecular formula is C9H12N6O2S. The summed E-state index contributed by atoms with van der Waals surface area (Å²) in [6, 6.07) is 1.61. The van der Waals surface area contributed by atoms with Crippen molar-refractivity contribution in [1.82, 2.24) is 24.7 Å². The van der Waals surface area contributed by atoms with E-state index in [1.54, 1.807) is 20.2 Å². The number of aromatic amines is 1. The van der Waals surface area contributed by atoms with Gasteiger partial charge in [0.1, 0.15) is 17.5 Å². The first-order chi connectivity index (χ1) is 8.60. The molecule has 0 radical (unpaired) electrons. The summed E-state index contributed by atoms with van der Waals surface area (Å²) in [5.41, 5.74) is 5.39. The van der Waals surface area contributed by atoms with Crippen molar-refractivity contribution in [2.75, 3.05) is 12.8 Å². The zero-order valence-electron chi connectivity index (χ0n) is 9.88. The highest BCUT2D eigenvalue weighted by molar-refractivity contribution is 7.99. The quantitative estimate of drug-likeness (QED) is 0.737. The Kier molecular flexibility index (Phi) is 3.63. The second-order valence-corrected chi connectivity index (χ2v) is 4.44. The molecule has 0 spiro atoms. The lowest BCUT2D eigenvalue weighted by molar-refractivity contribution is 0.177. The monoisotopic (exact) mass is 268 g/mol. The summed E-state index contributed by atoms with van der Waals surface area (Å²) in [5.74, 6) is 0.834. The van der Waals surface area contributed by atoms with Gasteiger partial charge in [-0.15, -0.1) is 5.10 Å². The predicted molar refractivity (Wildman–Crippen MR) is 65.1 cm³/mol. The number of aromatic nitrogens is 5. The van der Waals surface area contributed by atoms with Crippen molar-refractivity contribution in [3.05, 3.63) is 22.4 Å². The fourth-order valence-electron chi connectivity index (χ4n) is 1.26. The Labute approximate surface area is 107 Å². The number of nitrogens with zero attached hydrogens (tertiary/aromatic N) is 4. The lowest BCUT2D eigenvalue weighted by atomic mass is 10.5. The van der Waals surface area contributed by atoms with E-state index in [1.807, 2.05) is 0 Å². The average molecular weight is 268 g/mol. The van der Waals surface area contributed by atoms with Crippen LogP contribution in [0.5, 0.6) is 0 Å². The Bertz CT molecular complexity index is 607. The van der Waals surface area contributed by atoms with E-state index in [0.29, 0.717) is 21.8 Å². The molecule has 18 heavy (non-hydrogen) atoms. The Morgan fingerprint density at radius 1 is 1.56 bits per heavy atom. The molecular weight excluding hydrogens is 256 g/mol. The van der Waals surface area contributed by atoms with E-state index >= 15 is 0 Å². The first-order valence-corrected chi connectivity index (χ1v) is 5.83. The van der Waals surface area contributed by atoms with Crippen molar-refractivity contribution in [2.24, 2.45) is 7.05 Å². The summed E-state index contributed by atoms with van der Waals surface area (Å²) < 4.78 is 6.34. The normalized spacial score (nSPS) is 10.8. The van der Waals surface area contributed by atoms with Gasteiger partial charge in [0.25, 0.3) is 0 Å². The standard InChI is InChI=1S/C9H12N6O2S/c1-15-8(16)13-14-9(15)18-7-3-5(10)11-6(12-7)4-17-2/h3H,4H2,1-2H3,(H,13,16)(H2,10,11,12). The molecule has 0 saturated heterocycles. The molecule has 2 aromatic heterocycles. The third-order valence-electron chi connectivity index (χ3n) is 2.08. The SMILES string of the molecule is COCc1nc(N)cc(Sc2n[nH]c(=O)n2C)n1. The molecule has 9 heteroatoms. The van der Waals surface area contributed by atoms with Gasteiger partial charge in [0.2, 0.25) is 0 Å². The number of hydrogen-bond donors (Lipinski definition) is 2. The van der Waals surface area contributed by atoms with Gasteiger partial charge in [-0.25, -0.2) is 19.9 Å². The second-order valence-electron chi connectivity index (χ2n) is 3.45. The minimum atomic E-state index is -0.281. The van der Waals surface area contributed by atoms with Gasteiger partial charge in [0.15, 0.2) is 11.0 Å². The number of nitrogens with one attached hydrogen (secondary N) is 1. The second kappa shape index (κ2) is 5.19. The summed E-state index contributed by atoms with van der Waals surface area (Å²) in [5, 5.41) is 7.33. The summed E-state index contributed by atoms with van der Waals surface area (Å²) in [7, 11) is 3.17. The molecule has 2 aromatic rings. The van der Waals surface area contributed by atoms with Crippen LogP contribution in [0, 0.1) is 0 Å². The van der Waals surface area contributed by atoms with Gasteiger partial charge in [0, 0.05) is 20.2 Å². The van der Waals surface area contributed by atoms with Gasteiger partial charge < -0.3 is 10.5 Å². The zero-order valence-corrected chi connectivity index (χ0v) is 10.7. The number of methoxy groups -OCH3 is 1. The number of anilines is 1. The number of rotatable bonds is 4. The lowest BCUT2D eigenvalue weighted by Crippen LogP contribution is -2.12. The largest absolute Gasteiger partial charge is 0.384 e. The van der Waals surface area contributed by atoms with E-state index in [-0.39, 0.29) is 12.3 Å². The van der Waals surface area contributed by atoms with Gasteiger partial charge in [-0.05, 0) is 11.8 Å². The zero-order chi connectivity index (χ0) is 13.1. The molecule has 0 fully saturated rings. The fraction of sp³-hybridized carbons (Fsp3) is 0.333. The highest BCUT2D eigenvalue weighted by Gasteiger charge is 2.09. The third kappa shape index (κ3) is 2.68. The molecule has 8 nitrogen and oxygen atoms in total. The summed E-state index contributed by atoms with van der Waals surface area (Å²) in [6.45, 7) is 0.276. The van der Waals surface area contributed by atoms with Gasteiger partial charge in [-0.3, -0.25) is 4.57 Å². The van der Waals surface area contributed by atoms with Crippen LogP contribution in [-0.4, -0.2) is 31.8 Å². The van der Waals surface area contributed by atoms with Crippen molar-refractivity contribution in [3.8, 4) is 0 Å². The van der Waals surface area contributed by atoms with Crippen LogP contribution in [0.4, 0.5) is 5.82 Å². The van der Waals surface area contributed by atoms with Crippen LogP contribution < -0.4 is 11.4 Å². The van der Waals surface area contributed by atoms with Crippen LogP contribution in [0.1, 0.15) is 5.82 Å². The summed E-state index contributed by atoms with van der Waals surface area (Å²) in [6.07, 6.45) is 0. The number of nitrogen functional groups attached to an aromatic ring is 1. The fourth-order valence-corrected chi connectivity index (χ4v) is 2.08. The van der Waals surface area contributed by atoms with Crippen LogP contribution in [0.15, 0.2) is 21.0 Å². The van der Waals surface area contributed by atoms with E-state index in [1.165, 1.54) is 16.3 Å². The lowest BCUT2D eigenvalue weighted by Gasteiger charge is -2.04. The highest BCUT2D eigenvalue weighted by Crippen LogP contribution is 2.23. The molecule has 0 saturated carbocycles. The van der Waals surface area contributed by atoms with Crippen LogP contribution in [0.2, 0.25) is 0 Å². The number of H-pyrrole nitrogens is 1. The molecule has 3 N–H and O–H groups in total. The molecule has 0 aliphatic rings. The maximum absolute atomic E-state index is 11.2. The minimum Gasteiger partial charge on any atom is -0.384 e. The Morgan fingerprint density at radius 2 is 2.33 bits per heavy atom. The van der Waals surface area contributed by atoms with Gasteiger partial charge in [-0.1, -0.05) is 0 Å². The molecule has 0 bridgehead atoms. The minimum absolute atomic E-state index is 0.276. The van der Waals surface area contributed by atoms with E-state index in [0.717, 1.165) is 0 Å². The van der Waals surface area contributed by atoms with E-state index in [2.05, 4.69) is 20.2 Å². The number of nitrogens with two attached hydrogens (primary N) is 1. The van der Waals surface area contributed by atoms with Crippen molar-refractivity contribution >= 4 is 17.6 Å². The van der Waals surface area contributed by atoms with Gasteiger partial charge in [-0.2, -0.15) is 0 Å². The molecule has 0 amide bonds. The maximum Gasteiger partial charge on any atom is 0.343 e. The topological polar surface area (TPSA) is 112 Å². The summed E-state index contributed by atoms with van der Waals surface area (Å²) >= 11 is 1.22. The third-order valence-corrected chi connectivity index (χ3v) is 3.04. The van der Waals surface area contributed by atoms with E-state index in [9.17, 15) is 4.79 Å². The van der Waals surface area contributed by atoms with Crippen LogP contribution in [-0.2, 0) is 18.4 Å². The smallest absolute Gasteiger partial charge is 0.343 e. The van der Waals surface area contributed by atoms with Gasteiger partial charge >= 0.3 is 5.69 Å². The van der Waals surface area contributed by atoms with Crippen molar-refractivity contribution in [1.29, 1.82) is 0 Å². The highest BCUT2D eigenvalue weighted by atomic mass is 32.2. The molecule has 96 valence electrons. The van der Waals surface area contributed by atoms with E-state index < -0.39 is 0 Å². The van der Waals surface area contributed by atoms with Crippen LogP contribution in [0.3, 0.4) is 0 Å². The number of hydrogen-bond acceptors (Lipinski definition) is 7. The first-order valence-electron chi connectivity index (χ1n) is 5.01. The predicted octanol–water partition coefficient (Wildman–Crippen LogP) is -0.222. The molecule has 0 atom stereocenters. The van der Waals surface area contributed by atoms with Gasteiger partial charge in [0.05, 0.1) is 0 Å². The molecule has 2 rings (SSSR count). The molecule has 0 aliphatic carbocycles. The van der Waals surface area contributed by atoms with E-state index in [4.69, 9.17) is 10.5 Å². The van der Waals surface area contributed by atoms with Crippen molar-refractivity contribution < 1.29 is 4.74 Å². The van der Waals surface area contributed by atoms with Crippen LogP contribution in [0.25, 0.3) is 0 Å². The maximum atomic E-state index is 11.2. The Balaban J connectivity index is 2.28. The Hall–Kier alpha value is -1.87. The number of ether oxygens (including phenoxy) is 1. The molecule has 0 aliphatic heterocycles.